The molecule has 1 aromatic heterocycles. The number of aromatic nitrogens is 1. The van der Waals surface area contributed by atoms with Crippen LogP contribution in [0, 0.1) is 6.92 Å². The van der Waals surface area contributed by atoms with E-state index in [9.17, 15) is 4.79 Å². The van der Waals surface area contributed by atoms with Crippen LogP contribution < -0.4 is 5.32 Å². The minimum Gasteiger partial charge on any atom is -0.448 e. The summed E-state index contributed by atoms with van der Waals surface area (Å²) >= 11 is 5.99. The molecule has 1 atom stereocenters. The van der Waals surface area contributed by atoms with Crippen LogP contribution in [0.4, 0.5) is 0 Å². The first-order chi connectivity index (χ1) is 11.1. The summed E-state index contributed by atoms with van der Waals surface area (Å²) in [5, 5.41) is 3.70. The van der Waals surface area contributed by atoms with Gasteiger partial charge in [-0.3, -0.25) is 9.69 Å². The van der Waals surface area contributed by atoms with Crippen LogP contribution >= 0.6 is 11.6 Å². The Balaban J connectivity index is 1.72. The van der Waals surface area contributed by atoms with Crippen molar-refractivity contribution in [1.82, 2.24) is 15.2 Å². The summed E-state index contributed by atoms with van der Waals surface area (Å²) in [6, 6.07) is 7.98. The molecule has 23 heavy (non-hydrogen) atoms. The Morgan fingerprint density at radius 3 is 2.65 bits per heavy atom. The van der Waals surface area contributed by atoms with Crippen molar-refractivity contribution in [2.75, 3.05) is 19.6 Å². The number of rotatable bonds is 5. The molecule has 0 spiro atoms. The summed E-state index contributed by atoms with van der Waals surface area (Å²) in [5.74, 6) is 0.334. The maximum atomic E-state index is 12.3. The Morgan fingerprint density at radius 1 is 1.35 bits per heavy atom. The van der Waals surface area contributed by atoms with E-state index < -0.39 is 0 Å². The van der Waals surface area contributed by atoms with Crippen molar-refractivity contribution in [3.05, 3.63) is 52.7 Å². The number of likely N-dealkylation sites (tertiary alicyclic amines) is 1. The fourth-order valence-electron chi connectivity index (χ4n) is 2.99. The maximum Gasteiger partial charge on any atom is 0.273 e. The maximum absolute atomic E-state index is 12.3. The van der Waals surface area contributed by atoms with Crippen LogP contribution in [0.3, 0.4) is 0 Å². The van der Waals surface area contributed by atoms with Gasteiger partial charge in [0, 0.05) is 11.6 Å². The van der Waals surface area contributed by atoms with E-state index in [1.165, 1.54) is 19.2 Å². The van der Waals surface area contributed by atoms with Gasteiger partial charge in [0.1, 0.15) is 5.76 Å². The molecule has 1 N–H and O–H groups in total. The number of aryl methyl sites for hydroxylation is 1. The lowest BCUT2D eigenvalue weighted by Crippen LogP contribution is -2.37. The molecule has 0 unspecified atom stereocenters. The van der Waals surface area contributed by atoms with Gasteiger partial charge in [-0.2, -0.15) is 0 Å². The van der Waals surface area contributed by atoms with Crippen LogP contribution in [-0.4, -0.2) is 35.4 Å². The molecule has 1 fully saturated rings. The van der Waals surface area contributed by atoms with E-state index in [0.717, 1.165) is 23.7 Å². The van der Waals surface area contributed by atoms with E-state index in [1.54, 1.807) is 6.92 Å². The van der Waals surface area contributed by atoms with E-state index in [1.807, 2.05) is 24.3 Å². The lowest BCUT2D eigenvalue weighted by molar-refractivity contribution is 0.0932. The molecule has 6 heteroatoms. The van der Waals surface area contributed by atoms with Crippen molar-refractivity contribution < 1.29 is 9.21 Å². The first-order valence-corrected chi connectivity index (χ1v) is 8.21. The number of hydrogen-bond acceptors (Lipinski definition) is 4. The van der Waals surface area contributed by atoms with Crippen molar-refractivity contribution in [3.8, 4) is 0 Å². The summed E-state index contributed by atoms with van der Waals surface area (Å²) in [5.41, 5.74) is 1.51. The van der Waals surface area contributed by atoms with E-state index in [4.69, 9.17) is 16.0 Å². The van der Waals surface area contributed by atoms with E-state index in [0.29, 0.717) is 18.0 Å². The Labute approximate surface area is 140 Å². The Bertz CT molecular complexity index is 663. The van der Waals surface area contributed by atoms with Gasteiger partial charge in [-0.15, -0.1) is 0 Å². The van der Waals surface area contributed by atoms with Gasteiger partial charge in [0.15, 0.2) is 12.1 Å². The molecule has 1 aliphatic rings. The van der Waals surface area contributed by atoms with E-state index in [-0.39, 0.29) is 11.9 Å². The van der Waals surface area contributed by atoms with Gasteiger partial charge < -0.3 is 9.73 Å². The highest BCUT2D eigenvalue weighted by atomic mass is 35.5. The molecule has 1 aromatic carbocycles. The zero-order valence-electron chi connectivity index (χ0n) is 13.1. The summed E-state index contributed by atoms with van der Waals surface area (Å²) < 4.78 is 5.09. The molecular weight excluding hydrogens is 314 g/mol. The molecule has 5 nitrogen and oxygen atoms in total. The number of amides is 1. The standard InChI is InChI=1S/C17H20ClN3O2/c1-12-16(20-11-23-12)17(22)19-10-15(21-8-2-3-9-21)13-4-6-14(18)7-5-13/h4-7,11,15H,2-3,8-10H2,1H3,(H,19,22)/t15-/m1/s1. The van der Waals surface area contributed by atoms with Gasteiger partial charge in [0.05, 0.1) is 6.04 Å². The van der Waals surface area contributed by atoms with Crippen LogP contribution in [-0.2, 0) is 0 Å². The van der Waals surface area contributed by atoms with E-state index >= 15 is 0 Å². The second-order valence-corrected chi connectivity index (χ2v) is 6.21. The van der Waals surface area contributed by atoms with Gasteiger partial charge in [0.25, 0.3) is 5.91 Å². The molecule has 0 bridgehead atoms. The molecule has 1 saturated heterocycles. The molecule has 2 heterocycles. The van der Waals surface area contributed by atoms with Crippen LogP contribution in [0.25, 0.3) is 0 Å². The summed E-state index contributed by atoms with van der Waals surface area (Å²) in [7, 11) is 0. The average Bonchev–Trinajstić information content (AvgIpc) is 3.20. The minimum absolute atomic E-state index is 0.144. The number of hydrogen-bond donors (Lipinski definition) is 1. The molecule has 1 amide bonds. The summed E-state index contributed by atoms with van der Waals surface area (Å²) in [6.07, 6.45) is 3.68. The highest BCUT2D eigenvalue weighted by molar-refractivity contribution is 6.30. The van der Waals surface area contributed by atoms with Gasteiger partial charge >= 0.3 is 0 Å². The zero-order valence-corrected chi connectivity index (χ0v) is 13.8. The van der Waals surface area contributed by atoms with Gasteiger partial charge in [0.2, 0.25) is 0 Å². The number of nitrogens with zero attached hydrogens (tertiary/aromatic N) is 2. The third kappa shape index (κ3) is 3.74. The first-order valence-electron chi connectivity index (χ1n) is 7.83. The molecule has 3 rings (SSSR count). The predicted octanol–water partition coefficient (Wildman–Crippen LogP) is 3.20. The number of carbonyl (C=O) groups excluding carboxylic acids is 1. The lowest BCUT2D eigenvalue weighted by Gasteiger charge is -2.28. The van der Waals surface area contributed by atoms with E-state index in [2.05, 4.69) is 15.2 Å². The Kier molecular flexibility index (Phi) is 4.98. The largest absolute Gasteiger partial charge is 0.448 e. The number of halogens is 1. The van der Waals surface area contributed by atoms with Crippen LogP contribution in [0.1, 0.15) is 40.7 Å². The third-order valence-corrected chi connectivity index (χ3v) is 4.50. The van der Waals surface area contributed by atoms with Crippen molar-refractivity contribution in [2.24, 2.45) is 0 Å². The van der Waals surface area contributed by atoms with Crippen LogP contribution in [0.2, 0.25) is 5.02 Å². The van der Waals surface area contributed by atoms with Crippen molar-refractivity contribution in [1.29, 1.82) is 0 Å². The molecule has 1 aliphatic heterocycles. The molecule has 2 aromatic rings. The summed E-state index contributed by atoms with van der Waals surface area (Å²) in [4.78, 5) is 18.6. The Morgan fingerprint density at radius 2 is 2.04 bits per heavy atom. The second-order valence-electron chi connectivity index (χ2n) is 5.78. The fraction of sp³-hybridized carbons (Fsp3) is 0.412. The topological polar surface area (TPSA) is 58.4 Å². The third-order valence-electron chi connectivity index (χ3n) is 4.25. The van der Waals surface area contributed by atoms with Gasteiger partial charge in [-0.25, -0.2) is 4.98 Å². The van der Waals surface area contributed by atoms with Crippen molar-refractivity contribution >= 4 is 17.5 Å². The normalized spacial score (nSPS) is 16.4. The van der Waals surface area contributed by atoms with Crippen LogP contribution in [0.5, 0.6) is 0 Å². The summed E-state index contributed by atoms with van der Waals surface area (Å²) in [6.45, 7) is 4.37. The highest BCUT2D eigenvalue weighted by Crippen LogP contribution is 2.25. The van der Waals surface area contributed by atoms with Crippen LogP contribution in [0.15, 0.2) is 35.1 Å². The first kappa shape index (κ1) is 16.0. The number of oxazole rings is 1. The predicted molar refractivity (Wildman–Crippen MR) is 88.6 cm³/mol. The number of carbonyl (C=O) groups is 1. The van der Waals surface area contributed by atoms with Crippen molar-refractivity contribution in [3.63, 3.8) is 0 Å². The fourth-order valence-corrected chi connectivity index (χ4v) is 3.12. The molecular formula is C17H20ClN3O2. The molecule has 0 radical (unpaired) electrons. The molecule has 122 valence electrons. The zero-order chi connectivity index (χ0) is 16.2. The monoisotopic (exact) mass is 333 g/mol. The minimum atomic E-state index is -0.200. The smallest absolute Gasteiger partial charge is 0.273 e. The highest BCUT2D eigenvalue weighted by Gasteiger charge is 2.24. The number of nitrogens with one attached hydrogen (secondary N) is 1. The van der Waals surface area contributed by atoms with Gasteiger partial charge in [-0.05, 0) is 50.6 Å². The lowest BCUT2D eigenvalue weighted by atomic mass is 10.1. The van der Waals surface area contributed by atoms with Crippen molar-refractivity contribution in [2.45, 2.75) is 25.8 Å². The average molecular weight is 334 g/mol. The number of benzene rings is 1. The molecule has 0 aliphatic carbocycles. The quantitative estimate of drug-likeness (QED) is 0.912. The SMILES string of the molecule is Cc1ocnc1C(=O)NC[C@H](c1ccc(Cl)cc1)N1CCCC1. The Hall–Kier alpha value is -1.85. The second kappa shape index (κ2) is 7.15. The molecule has 0 saturated carbocycles. The van der Waals surface area contributed by atoms with Gasteiger partial charge in [-0.1, -0.05) is 23.7 Å².